The molecule has 1 rings (SSSR count). The second-order valence-corrected chi connectivity index (χ2v) is 6.78. The summed E-state index contributed by atoms with van der Waals surface area (Å²) < 4.78 is 22.4. The highest BCUT2D eigenvalue weighted by atomic mass is 32.2. The molecule has 0 saturated carbocycles. The van der Waals surface area contributed by atoms with E-state index in [1.54, 1.807) is 12.1 Å². The fraction of sp³-hybridized carbons (Fsp3) is 0.286. The highest BCUT2D eigenvalue weighted by Crippen LogP contribution is 2.10. The van der Waals surface area contributed by atoms with E-state index in [9.17, 15) is 18.0 Å². The van der Waals surface area contributed by atoms with Crippen LogP contribution in [-0.2, 0) is 20.4 Å². The van der Waals surface area contributed by atoms with Crippen LogP contribution in [0.4, 0.5) is 0 Å². The van der Waals surface area contributed by atoms with Crippen molar-refractivity contribution in [1.82, 2.24) is 4.90 Å². The van der Waals surface area contributed by atoms with Crippen LogP contribution in [0.2, 0.25) is 0 Å². The number of nitrogens with zero attached hydrogens (tertiary/aromatic N) is 1. The largest absolute Gasteiger partial charge is 0.480 e. The van der Waals surface area contributed by atoms with Crippen LogP contribution in [0.1, 0.15) is 15.9 Å². The third kappa shape index (κ3) is 5.78. The van der Waals surface area contributed by atoms with E-state index in [0.717, 1.165) is 11.2 Å². The monoisotopic (exact) mass is 311 g/mol. The zero-order chi connectivity index (χ0) is 16.0. The molecule has 0 aliphatic heterocycles. The molecule has 0 aromatic heterocycles. The molecule has 0 atom stereocenters. The molecule has 1 aromatic rings. The molecule has 0 spiro atoms. The van der Waals surface area contributed by atoms with Gasteiger partial charge in [0, 0.05) is 18.4 Å². The highest BCUT2D eigenvalue weighted by Gasteiger charge is 2.17. The van der Waals surface area contributed by atoms with Crippen molar-refractivity contribution in [1.29, 1.82) is 0 Å². The van der Waals surface area contributed by atoms with Crippen LogP contribution in [0, 0.1) is 0 Å². The van der Waals surface area contributed by atoms with Crippen LogP contribution in [0.25, 0.3) is 0 Å². The van der Waals surface area contributed by atoms with E-state index in [0.29, 0.717) is 11.1 Å². The van der Waals surface area contributed by atoms with Crippen LogP contribution in [0.15, 0.2) is 36.9 Å². The lowest BCUT2D eigenvalue weighted by atomic mass is 10.1. The molecule has 1 aromatic carbocycles. The lowest BCUT2D eigenvalue weighted by molar-refractivity contribution is -0.137. The molecule has 0 unspecified atom stereocenters. The summed E-state index contributed by atoms with van der Waals surface area (Å²) in [5.41, 5.74) is 0.873. The van der Waals surface area contributed by atoms with Crippen LogP contribution in [-0.4, -0.2) is 49.6 Å². The number of rotatable bonds is 7. The molecule has 0 aliphatic carbocycles. The summed E-state index contributed by atoms with van der Waals surface area (Å²) in [5, 5.41) is 8.78. The molecule has 0 radical (unpaired) electrons. The van der Waals surface area contributed by atoms with Gasteiger partial charge in [-0.05, 0) is 17.7 Å². The highest BCUT2D eigenvalue weighted by molar-refractivity contribution is 7.89. The molecule has 0 aliphatic rings. The van der Waals surface area contributed by atoms with E-state index >= 15 is 0 Å². The number of benzene rings is 1. The molecule has 1 amide bonds. The van der Waals surface area contributed by atoms with Crippen LogP contribution in [0.3, 0.4) is 0 Å². The lowest BCUT2D eigenvalue weighted by Gasteiger charge is -2.18. The van der Waals surface area contributed by atoms with Gasteiger partial charge in [-0.25, -0.2) is 8.42 Å². The van der Waals surface area contributed by atoms with Crippen molar-refractivity contribution in [3.05, 3.63) is 48.0 Å². The molecule has 0 saturated heterocycles. The van der Waals surface area contributed by atoms with Gasteiger partial charge in [-0.1, -0.05) is 18.2 Å². The van der Waals surface area contributed by atoms with E-state index in [1.807, 2.05) is 0 Å². The first kappa shape index (κ1) is 16.9. The number of sulfone groups is 1. The predicted octanol–water partition coefficient (Wildman–Crippen LogP) is 0.944. The van der Waals surface area contributed by atoms with E-state index in [4.69, 9.17) is 5.11 Å². The van der Waals surface area contributed by atoms with E-state index in [-0.39, 0.29) is 12.3 Å². The minimum Gasteiger partial charge on any atom is -0.480 e. The van der Waals surface area contributed by atoms with Gasteiger partial charge in [0.2, 0.25) is 0 Å². The number of carboxylic acids is 1. The molecular weight excluding hydrogens is 294 g/mol. The van der Waals surface area contributed by atoms with Gasteiger partial charge in [-0.3, -0.25) is 9.59 Å². The third-order valence-electron chi connectivity index (χ3n) is 2.59. The maximum absolute atomic E-state index is 12.2. The van der Waals surface area contributed by atoms with Crippen molar-refractivity contribution >= 4 is 21.7 Å². The summed E-state index contributed by atoms with van der Waals surface area (Å²) in [6, 6.07) is 6.06. The number of hydrogen-bond acceptors (Lipinski definition) is 4. The second-order valence-electron chi connectivity index (χ2n) is 4.64. The van der Waals surface area contributed by atoms with E-state index < -0.39 is 28.3 Å². The summed E-state index contributed by atoms with van der Waals surface area (Å²) in [7, 11) is -3.14. The maximum atomic E-state index is 12.2. The van der Waals surface area contributed by atoms with Crippen LogP contribution in [0.5, 0.6) is 0 Å². The summed E-state index contributed by atoms with van der Waals surface area (Å²) >= 11 is 0. The molecule has 0 fully saturated rings. The van der Waals surface area contributed by atoms with Gasteiger partial charge < -0.3 is 10.0 Å². The number of carbonyl (C=O) groups is 2. The Bertz CT molecular complexity index is 634. The van der Waals surface area contributed by atoms with Crippen molar-refractivity contribution in [2.45, 2.75) is 5.75 Å². The average molecular weight is 311 g/mol. The fourth-order valence-corrected chi connectivity index (χ4v) is 2.57. The average Bonchev–Trinajstić information content (AvgIpc) is 2.36. The van der Waals surface area contributed by atoms with Gasteiger partial charge in [-0.2, -0.15) is 0 Å². The van der Waals surface area contributed by atoms with Gasteiger partial charge in [0.05, 0.1) is 5.75 Å². The molecular formula is C14H17NO5S. The lowest BCUT2D eigenvalue weighted by Crippen LogP contribution is -2.35. The molecule has 0 heterocycles. The van der Waals surface area contributed by atoms with Crippen molar-refractivity contribution in [2.24, 2.45) is 0 Å². The Morgan fingerprint density at radius 1 is 1.29 bits per heavy atom. The zero-order valence-corrected chi connectivity index (χ0v) is 12.5. The first-order valence-corrected chi connectivity index (χ1v) is 8.17. The fourth-order valence-electron chi connectivity index (χ4n) is 1.77. The Kier molecular flexibility index (Phi) is 5.66. The number of carboxylic acid groups (broad SMARTS) is 1. The second kappa shape index (κ2) is 7.03. The smallest absolute Gasteiger partial charge is 0.323 e. The summed E-state index contributed by atoms with van der Waals surface area (Å²) in [5.74, 6) is -1.66. The maximum Gasteiger partial charge on any atom is 0.323 e. The number of amides is 1. The van der Waals surface area contributed by atoms with Gasteiger partial charge >= 0.3 is 5.97 Å². The SMILES string of the molecule is C=CCN(CC(=O)O)C(=O)c1ccc(CS(C)(=O)=O)cc1. The van der Waals surface area contributed by atoms with Gasteiger partial charge in [0.15, 0.2) is 9.84 Å². The Morgan fingerprint density at radius 3 is 2.29 bits per heavy atom. The molecule has 114 valence electrons. The number of aliphatic carboxylic acids is 1. The standard InChI is InChI=1S/C14H17NO5S/c1-3-8-15(9-13(16)17)14(18)12-6-4-11(5-7-12)10-21(2,19)20/h3-7H,1,8-10H2,2H3,(H,16,17). The van der Waals surface area contributed by atoms with Gasteiger partial charge in [-0.15, -0.1) is 6.58 Å². The van der Waals surface area contributed by atoms with E-state index in [1.165, 1.54) is 18.2 Å². The molecule has 1 N–H and O–H groups in total. The molecule has 6 nitrogen and oxygen atoms in total. The number of carbonyl (C=O) groups excluding carboxylic acids is 1. The normalized spacial score (nSPS) is 10.9. The Labute approximate surface area is 123 Å². The Balaban J connectivity index is 2.90. The molecule has 0 bridgehead atoms. The topological polar surface area (TPSA) is 91.8 Å². The summed E-state index contributed by atoms with van der Waals surface area (Å²) in [4.78, 5) is 24.0. The first-order valence-electron chi connectivity index (χ1n) is 6.11. The first-order chi connectivity index (χ1) is 9.73. The quantitative estimate of drug-likeness (QED) is 0.757. The number of hydrogen-bond donors (Lipinski definition) is 1. The Hall–Kier alpha value is -2.15. The van der Waals surface area contributed by atoms with Crippen molar-refractivity contribution in [2.75, 3.05) is 19.3 Å². The molecule has 21 heavy (non-hydrogen) atoms. The van der Waals surface area contributed by atoms with Gasteiger partial charge in [0.1, 0.15) is 6.54 Å². The predicted molar refractivity (Wildman–Crippen MR) is 78.7 cm³/mol. The van der Waals surface area contributed by atoms with Gasteiger partial charge in [0.25, 0.3) is 5.91 Å². The minimum atomic E-state index is -3.14. The Morgan fingerprint density at radius 2 is 1.86 bits per heavy atom. The van der Waals surface area contributed by atoms with Crippen molar-refractivity contribution in [3.63, 3.8) is 0 Å². The van der Waals surface area contributed by atoms with Crippen LogP contribution < -0.4 is 0 Å². The van der Waals surface area contributed by atoms with E-state index in [2.05, 4.69) is 6.58 Å². The van der Waals surface area contributed by atoms with Crippen molar-refractivity contribution < 1.29 is 23.1 Å². The van der Waals surface area contributed by atoms with Crippen molar-refractivity contribution in [3.8, 4) is 0 Å². The minimum absolute atomic E-state index is 0.104. The molecule has 7 heteroatoms. The third-order valence-corrected chi connectivity index (χ3v) is 3.45. The zero-order valence-electron chi connectivity index (χ0n) is 11.7. The summed E-state index contributed by atoms with van der Waals surface area (Å²) in [6.07, 6.45) is 2.57. The summed E-state index contributed by atoms with van der Waals surface area (Å²) in [6.45, 7) is 3.19. The van der Waals surface area contributed by atoms with Crippen LogP contribution >= 0.6 is 0 Å².